The number of imidazole rings is 1. The van der Waals surface area contributed by atoms with E-state index in [4.69, 9.17) is 0 Å². The first-order valence-electron chi connectivity index (χ1n) is 3.56. The zero-order valence-corrected chi connectivity index (χ0v) is 6.56. The van der Waals surface area contributed by atoms with Crippen molar-refractivity contribution in [2.75, 3.05) is 0 Å². The van der Waals surface area contributed by atoms with Crippen molar-refractivity contribution >= 4 is 12.1 Å². The molecule has 0 saturated heterocycles. The number of carbonyl (C=O) groups excluding carboxylic acids is 1. The van der Waals surface area contributed by atoms with E-state index in [1.165, 1.54) is 6.20 Å². The summed E-state index contributed by atoms with van der Waals surface area (Å²) in [5, 5.41) is 0. The van der Waals surface area contributed by atoms with Gasteiger partial charge in [-0.05, 0) is 6.92 Å². The predicted octanol–water partition coefficient (Wildman–Crippen LogP) is 0.850. The van der Waals surface area contributed by atoms with Gasteiger partial charge in [0.05, 0.1) is 5.69 Å². The molecule has 12 heavy (non-hydrogen) atoms. The van der Waals surface area contributed by atoms with E-state index in [0.29, 0.717) is 11.3 Å². The maximum Gasteiger partial charge on any atom is 0.233 e. The Hall–Kier alpha value is -1.71. The first-order chi connectivity index (χ1) is 5.79. The second-order valence-corrected chi connectivity index (χ2v) is 2.59. The number of aryl methyl sites for hydroxylation is 1. The van der Waals surface area contributed by atoms with Crippen LogP contribution in [-0.4, -0.2) is 20.7 Å². The van der Waals surface area contributed by atoms with Crippen LogP contribution in [-0.2, 0) is 0 Å². The van der Waals surface area contributed by atoms with Gasteiger partial charge in [-0.15, -0.1) is 0 Å². The highest BCUT2D eigenvalue weighted by Gasteiger charge is 1.98. The zero-order chi connectivity index (χ0) is 8.55. The molecule has 2 rings (SSSR count). The first-order valence-corrected chi connectivity index (χ1v) is 3.56. The summed E-state index contributed by atoms with van der Waals surface area (Å²) in [6, 6.07) is 0. The van der Waals surface area contributed by atoms with Crippen molar-refractivity contribution in [2.24, 2.45) is 0 Å². The third-order valence-corrected chi connectivity index (χ3v) is 1.59. The van der Waals surface area contributed by atoms with Crippen molar-refractivity contribution < 1.29 is 4.79 Å². The Bertz CT molecular complexity index is 433. The molecule has 0 radical (unpaired) electrons. The minimum atomic E-state index is 0.555. The SMILES string of the molecule is Cc1cn2cc(C=O)cnc2n1. The summed E-state index contributed by atoms with van der Waals surface area (Å²) in [5.41, 5.74) is 1.45. The highest BCUT2D eigenvalue weighted by atomic mass is 16.1. The lowest BCUT2D eigenvalue weighted by Gasteiger charge is -1.91. The molecule has 0 amide bonds. The third kappa shape index (κ3) is 0.972. The van der Waals surface area contributed by atoms with Crippen molar-refractivity contribution in [2.45, 2.75) is 6.92 Å². The van der Waals surface area contributed by atoms with E-state index >= 15 is 0 Å². The molecule has 2 aromatic heterocycles. The van der Waals surface area contributed by atoms with E-state index in [9.17, 15) is 4.79 Å². The van der Waals surface area contributed by atoms with Gasteiger partial charge in [0.2, 0.25) is 5.78 Å². The number of hydrogen-bond acceptors (Lipinski definition) is 3. The minimum absolute atomic E-state index is 0.555. The van der Waals surface area contributed by atoms with Gasteiger partial charge in [0.15, 0.2) is 6.29 Å². The molecule has 0 fully saturated rings. The van der Waals surface area contributed by atoms with Crippen LogP contribution in [0.15, 0.2) is 18.6 Å². The molecule has 0 aliphatic heterocycles. The summed E-state index contributed by atoms with van der Waals surface area (Å²) in [7, 11) is 0. The van der Waals surface area contributed by atoms with E-state index in [2.05, 4.69) is 9.97 Å². The van der Waals surface area contributed by atoms with Gasteiger partial charge >= 0.3 is 0 Å². The molecular formula is C8H7N3O. The second kappa shape index (κ2) is 2.41. The quantitative estimate of drug-likeness (QED) is 0.582. The molecule has 2 heterocycles. The summed E-state index contributed by atoms with van der Waals surface area (Å²) in [6.07, 6.45) is 5.81. The largest absolute Gasteiger partial charge is 0.298 e. The van der Waals surface area contributed by atoms with Gasteiger partial charge in [0.1, 0.15) is 0 Å². The van der Waals surface area contributed by atoms with Crippen LogP contribution < -0.4 is 0 Å². The summed E-state index contributed by atoms with van der Waals surface area (Å²) >= 11 is 0. The Morgan fingerprint density at radius 1 is 1.50 bits per heavy atom. The van der Waals surface area contributed by atoms with Crippen molar-refractivity contribution in [3.63, 3.8) is 0 Å². The predicted molar refractivity (Wildman–Crippen MR) is 43.1 cm³/mol. The van der Waals surface area contributed by atoms with Crippen LogP contribution >= 0.6 is 0 Å². The van der Waals surface area contributed by atoms with Crippen LogP contribution in [0.1, 0.15) is 16.1 Å². The summed E-state index contributed by atoms with van der Waals surface area (Å²) in [5.74, 6) is 0.623. The van der Waals surface area contributed by atoms with Gasteiger partial charge < -0.3 is 0 Å². The lowest BCUT2D eigenvalue weighted by molar-refractivity contribution is 0.112. The Balaban J connectivity index is 2.74. The molecule has 0 unspecified atom stereocenters. The van der Waals surface area contributed by atoms with E-state index in [-0.39, 0.29) is 0 Å². The molecule has 4 nitrogen and oxygen atoms in total. The standard InChI is InChI=1S/C8H7N3O/c1-6-3-11-4-7(5-12)2-9-8(11)10-6/h2-5H,1H3. The molecule has 60 valence electrons. The summed E-state index contributed by atoms with van der Waals surface area (Å²) < 4.78 is 1.74. The van der Waals surface area contributed by atoms with Gasteiger partial charge in [-0.25, -0.2) is 9.97 Å². The fraction of sp³-hybridized carbons (Fsp3) is 0.125. The van der Waals surface area contributed by atoms with Gasteiger partial charge in [-0.1, -0.05) is 0 Å². The molecule has 0 atom stereocenters. The highest BCUT2D eigenvalue weighted by Crippen LogP contribution is 2.01. The number of aromatic nitrogens is 3. The van der Waals surface area contributed by atoms with Crippen LogP contribution in [0.3, 0.4) is 0 Å². The van der Waals surface area contributed by atoms with E-state index in [0.717, 1.165) is 12.0 Å². The monoisotopic (exact) mass is 161 g/mol. The van der Waals surface area contributed by atoms with Crippen LogP contribution in [0.2, 0.25) is 0 Å². The van der Waals surface area contributed by atoms with Gasteiger partial charge in [0, 0.05) is 24.2 Å². The minimum Gasteiger partial charge on any atom is -0.298 e. The third-order valence-electron chi connectivity index (χ3n) is 1.59. The number of rotatable bonds is 1. The zero-order valence-electron chi connectivity index (χ0n) is 6.56. The van der Waals surface area contributed by atoms with Gasteiger partial charge in [-0.2, -0.15) is 0 Å². The summed E-state index contributed by atoms with van der Waals surface area (Å²) in [6.45, 7) is 1.88. The van der Waals surface area contributed by atoms with Gasteiger partial charge in [0.25, 0.3) is 0 Å². The molecule has 0 aromatic carbocycles. The number of carbonyl (C=O) groups is 1. The number of nitrogens with zero attached hydrogens (tertiary/aromatic N) is 3. The van der Waals surface area contributed by atoms with E-state index in [1.807, 2.05) is 13.1 Å². The normalized spacial score (nSPS) is 10.4. The molecule has 0 aliphatic rings. The van der Waals surface area contributed by atoms with Crippen LogP contribution in [0, 0.1) is 6.92 Å². The Kier molecular flexibility index (Phi) is 1.40. The lowest BCUT2D eigenvalue weighted by Crippen LogP contribution is -1.90. The maximum absolute atomic E-state index is 10.4. The maximum atomic E-state index is 10.4. The number of hydrogen-bond donors (Lipinski definition) is 0. The van der Waals surface area contributed by atoms with Crippen molar-refractivity contribution in [1.29, 1.82) is 0 Å². The number of fused-ring (bicyclic) bond motifs is 1. The molecule has 0 spiro atoms. The smallest absolute Gasteiger partial charge is 0.233 e. The fourth-order valence-corrected chi connectivity index (χ4v) is 1.08. The van der Waals surface area contributed by atoms with Crippen molar-refractivity contribution in [3.05, 3.63) is 29.8 Å². The average molecular weight is 161 g/mol. The molecular weight excluding hydrogens is 154 g/mol. The Morgan fingerprint density at radius 2 is 2.33 bits per heavy atom. The van der Waals surface area contributed by atoms with Crippen molar-refractivity contribution in [1.82, 2.24) is 14.4 Å². The van der Waals surface area contributed by atoms with Gasteiger partial charge in [-0.3, -0.25) is 9.20 Å². The van der Waals surface area contributed by atoms with Crippen LogP contribution in [0.25, 0.3) is 5.78 Å². The highest BCUT2D eigenvalue weighted by molar-refractivity contribution is 5.73. The first kappa shape index (κ1) is 6.97. The summed E-state index contributed by atoms with van der Waals surface area (Å²) in [4.78, 5) is 18.5. The topological polar surface area (TPSA) is 47.3 Å². The Morgan fingerprint density at radius 3 is 3.08 bits per heavy atom. The molecule has 0 saturated carbocycles. The van der Waals surface area contributed by atoms with E-state index < -0.39 is 0 Å². The molecule has 2 aromatic rings. The average Bonchev–Trinajstić information content (AvgIpc) is 2.43. The van der Waals surface area contributed by atoms with E-state index in [1.54, 1.807) is 10.6 Å². The second-order valence-electron chi connectivity index (χ2n) is 2.59. The molecule has 0 N–H and O–H groups in total. The fourth-order valence-electron chi connectivity index (χ4n) is 1.08. The Labute approximate surface area is 68.9 Å². The lowest BCUT2D eigenvalue weighted by atomic mass is 10.4. The molecule has 4 heteroatoms. The molecule has 0 bridgehead atoms. The van der Waals surface area contributed by atoms with Crippen molar-refractivity contribution in [3.8, 4) is 0 Å². The molecule has 0 aliphatic carbocycles. The van der Waals surface area contributed by atoms with Crippen LogP contribution in [0.5, 0.6) is 0 Å². The van der Waals surface area contributed by atoms with Crippen LogP contribution in [0.4, 0.5) is 0 Å². The number of aldehydes is 1.